The van der Waals surface area contributed by atoms with E-state index in [-0.39, 0.29) is 18.1 Å². The minimum Gasteiger partial charge on any atom is -0.350 e. The molecule has 158 valence electrons. The van der Waals surface area contributed by atoms with Crippen LogP contribution < -0.4 is 11.0 Å². The Kier molecular flexibility index (Phi) is 6.33. The number of aryl methyl sites for hydroxylation is 1. The molecule has 1 fully saturated rings. The number of imidazole rings is 1. The maximum Gasteiger partial charge on any atom is 0.329 e. The van der Waals surface area contributed by atoms with Gasteiger partial charge in [0.15, 0.2) is 0 Å². The topological polar surface area (TPSA) is 59.3 Å². The number of aromatic nitrogens is 2. The highest BCUT2D eigenvalue weighted by Crippen LogP contribution is 2.16. The molecule has 0 bridgehead atoms. The van der Waals surface area contributed by atoms with E-state index in [2.05, 4.69) is 28.4 Å². The van der Waals surface area contributed by atoms with Crippen molar-refractivity contribution in [1.29, 1.82) is 0 Å². The lowest BCUT2D eigenvalue weighted by atomic mass is 10.0. The van der Waals surface area contributed by atoms with Gasteiger partial charge in [0.1, 0.15) is 6.54 Å². The van der Waals surface area contributed by atoms with Crippen molar-refractivity contribution in [2.24, 2.45) is 0 Å². The Balaban J connectivity index is 1.44. The van der Waals surface area contributed by atoms with E-state index in [9.17, 15) is 9.59 Å². The first-order chi connectivity index (χ1) is 14.7. The number of rotatable bonds is 7. The van der Waals surface area contributed by atoms with Crippen molar-refractivity contribution in [3.05, 3.63) is 70.1 Å². The molecule has 1 saturated heterocycles. The lowest BCUT2D eigenvalue weighted by molar-refractivity contribution is -0.121. The third-order valence-electron chi connectivity index (χ3n) is 5.98. The van der Waals surface area contributed by atoms with Crippen LogP contribution in [0.25, 0.3) is 11.0 Å². The van der Waals surface area contributed by atoms with Crippen molar-refractivity contribution in [2.45, 2.75) is 52.4 Å². The van der Waals surface area contributed by atoms with E-state index < -0.39 is 0 Å². The number of nitrogens with one attached hydrogen (secondary N) is 1. The molecule has 3 aromatic rings. The lowest BCUT2D eigenvalue weighted by Crippen LogP contribution is -2.33. The number of amides is 1. The molecule has 1 aliphatic rings. The van der Waals surface area contributed by atoms with Crippen molar-refractivity contribution in [2.75, 3.05) is 13.1 Å². The molecule has 1 aliphatic heterocycles. The quantitative estimate of drug-likeness (QED) is 0.656. The first-order valence-electron chi connectivity index (χ1n) is 10.9. The molecule has 1 amide bonds. The maximum absolute atomic E-state index is 12.7. The summed E-state index contributed by atoms with van der Waals surface area (Å²) in [6.07, 6.45) is 3.85. The van der Waals surface area contributed by atoms with Crippen LogP contribution in [0.4, 0.5) is 0 Å². The van der Waals surface area contributed by atoms with Crippen LogP contribution in [0.15, 0.2) is 53.3 Å². The highest BCUT2D eigenvalue weighted by molar-refractivity contribution is 5.81. The van der Waals surface area contributed by atoms with Crippen LogP contribution in [0.3, 0.4) is 0 Å². The Bertz CT molecular complexity index is 1080. The molecule has 0 aliphatic carbocycles. The van der Waals surface area contributed by atoms with Crippen molar-refractivity contribution in [3.8, 4) is 0 Å². The molecule has 0 saturated carbocycles. The second kappa shape index (κ2) is 9.30. The number of hydrogen-bond acceptors (Lipinski definition) is 3. The van der Waals surface area contributed by atoms with Crippen molar-refractivity contribution >= 4 is 16.9 Å². The molecule has 2 heterocycles. The van der Waals surface area contributed by atoms with E-state index in [1.165, 1.54) is 24.8 Å². The summed E-state index contributed by atoms with van der Waals surface area (Å²) in [5.74, 6) is -0.149. The standard InChI is InChI=1S/C24H30N4O2/c1-2-27-21-12-6-7-13-22(21)28(24(27)30)18-23(29)25-16-19-10-4-5-11-20(19)17-26-14-8-3-9-15-26/h4-7,10-13H,2-3,8-9,14-18H2,1H3,(H,25,29). The van der Waals surface area contributed by atoms with E-state index in [1.54, 1.807) is 9.13 Å². The average molecular weight is 407 g/mol. The number of benzene rings is 2. The van der Waals surface area contributed by atoms with Gasteiger partial charge < -0.3 is 5.32 Å². The third kappa shape index (κ3) is 4.33. The summed E-state index contributed by atoms with van der Waals surface area (Å²) in [5, 5.41) is 3.02. The summed E-state index contributed by atoms with van der Waals surface area (Å²) in [6.45, 7) is 6.24. The van der Waals surface area contributed by atoms with E-state index in [4.69, 9.17) is 0 Å². The predicted molar refractivity (Wildman–Crippen MR) is 119 cm³/mol. The first-order valence-corrected chi connectivity index (χ1v) is 10.9. The van der Waals surface area contributed by atoms with Gasteiger partial charge in [-0.3, -0.25) is 18.8 Å². The number of likely N-dealkylation sites (tertiary alicyclic amines) is 1. The van der Waals surface area contributed by atoms with Crippen LogP contribution >= 0.6 is 0 Å². The molecule has 4 rings (SSSR count). The first kappa shape index (κ1) is 20.4. The third-order valence-corrected chi connectivity index (χ3v) is 5.98. The number of fused-ring (bicyclic) bond motifs is 1. The molecule has 0 spiro atoms. The SMILES string of the molecule is CCn1c(=O)n(CC(=O)NCc2ccccc2CN2CCCCC2)c2ccccc21. The predicted octanol–water partition coefficient (Wildman–Crippen LogP) is 3.13. The van der Waals surface area contributed by atoms with E-state index in [1.807, 2.05) is 37.3 Å². The Morgan fingerprint density at radius 2 is 1.53 bits per heavy atom. The molecule has 0 unspecified atom stereocenters. The second-order valence-corrected chi connectivity index (χ2v) is 7.98. The number of nitrogens with zero attached hydrogens (tertiary/aromatic N) is 3. The Labute approximate surface area is 177 Å². The number of para-hydroxylation sites is 2. The molecule has 0 radical (unpaired) electrons. The highest BCUT2D eigenvalue weighted by atomic mass is 16.2. The smallest absolute Gasteiger partial charge is 0.329 e. The molecule has 6 nitrogen and oxygen atoms in total. The van der Waals surface area contributed by atoms with Gasteiger partial charge in [0.05, 0.1) is 11.0 Å². The molecule has 2 aromatic carbocycles. The van der Waals surface area contributed by atoms with Crippen LogP contribution in [-0.4, -0.2) is 33.0 Å². The molecule has 1 aromatic heterocycles. The molecule has 30 heavy (non-hydrogen) atoms. The van der Waals surface area contributed by atoms with Gasteiger partial charge in [-0.2, -0.15) is 0 Å². The number of carbonyl (C=O) groups is 1. The van der Waals surface area contributed by atoms with E-state index in [0.29, 0.717) is 13.1 Å². The van der Waals surface area contributed by atoms with Gasteiger partial charge in [-0.1, -0.05) is 42.8 Å². The lowest BCUT2D eigenvalue weighted by Gasteiger charge is -2.27. The van der Waals surface area contributed by atoms with Crippen LogP contribution in [0.2, 0.25) is 0 Å². The number of hydrogen-bond donors (Lipinski definition) is 1. The monoisotopic (exact) mass is 406 g/mol. The Morgan fingerprint density at radius 3 is 2.23 bits per heavy atom. The van der Waals surface area contributed by atoms with Gasteiger partial charge in [0.2, 0.25) is 5.91 Å². The zero-order chi connectivity index (χ0) is 20.9. The van der Waals surface area contributed by atoms with E-state index >= 15 is 0 Å². The molecule has 0 atom stereocenters. The minimum absolute atomic E-state index is 0.0284. The normalized spacial score (nSPS) is 14.8. The largest absolute Gasteiger partial charge is 0.350 e. The summed E-state index contributed by atoms with van der Waals surface area (Å²) in [7, 11) is 0. The minimum atomic E-state index is -0.149. The van der Waals surface area contributed by atoms with Gasteiger partial charge >= 0.3 is 5.69 Å². The molecular weight excluding hydrogens is 376 g/mol. The fraction of sp³-hybridized carbons (Fsp3) is 0.417. The Hall–Kier alpha value is -2.86. The van der Waals surface area contributed by atoms with Crippen molar-refractivity contribution in [3.63, 3.8) is 0 Å². The molecule has 6 heteroatoms. The van der Waals surface area contributed by atoms with Gasteiger partial charge in [0.25, 0.3) is 0 Å². The van der Waals surface area contributed by atoms with Crippen LogP contribution in [0.1, 0.15) is 37.3 Å². The second-order valence-electron chi connectivity index (χ2n) is 7.98. The zero-order valence-electron chi connectivity index (χ0n) is 17.6. The summed E-state index contributed by atoms with van der Waals surface area (Å²) in [5.41, 5.74) is 3.92. The Morgan fingerprint density at radius 1 is 0.900 bits per heavy atom. The van der Waals surface area contributed by atoms with Crippen LogP contribution in [0.5, 0.6) is 0 Å². The zero-order valence-corrected chi connectivity index (χ0v) is 17.6. The summed E-state index contributed by atoms with van der Waals surface area (Å²) in [4.78, 5) is 27.9. The highest BCUT2D eigenvalue weighted by Gasteiger charge is 2.15. The fourth-order valence-electron chi connectivity index (χ4n) is 4.37. The van der Waals surface area contributed by atoms with Crippen molar-refractivity contribution < 1.29 is 4.79 Å². The summed E-state index contributed by atoms with van der Waals surface area (Å²) < 4.78 is 3.27. The fourth-order valence-corrected chi connectivity index (χ4v) is 4.37. The van der Waals surface area contributed by atoms with Crippen molar-refractivity contribution in [1.82, 2.24) is 19.4 Å². The van der Waals surface area contributed by atoms with Gasteiger partial charge in [-0.05, 0) is 56.1 Å². The molecule has 1 N–H and O–H groups in total. The summed E-state index contributed by atoms with van der Waals surface area (Å²) >= 11 is 0. The van der Waals surface area contributed by atoms with Gasteiger partial charge in [-0.15, -0.1) is 0 Å². The maximum atomic E-state index is 12.7. The average Bonchev–Trinajstić information content (AvgIpc) is 3.04. The van der Waals surface area contributed by atoms with Gasteiger partial charge in [-0.25, -0.2) is 4.79 Å². The number of carbonyl (C=O) groups excluding carboxylic acids is 1. The van der Waals surface area contributed by atoms with E-state index in [0.717, 1.165) is 36.2 Å². The summed E-state index contributed by atoms with van der Waals surface area (Å²) in [6, 6.07) is 15.9. The van der Waals surface area contributed by atoms with Crippen LogP contribution in [0, 0.1) is 0 Å². The van der Waals surface area contributed by atoms with Crippen LogP contribution in [-0.2, 0) is 31.0 Å². The number of piperidine rings is 1. The van der Waals surface area contributed by atoms with Gasteiger partial charge in [0, 0.05) is 19.6 Å². The molecular formula is C24H30N4O2.